The summed E-state index contributed by atoms with van der Waals surface area (Å²) in [5.41, 5.74) is 2.21. The molecule has 15 heavy (non-hydrogen) atoms. The summed E-state index contributed by atoms with van der Waals surface area (Å²) < 4.78 is 0. The second kappa shape index (κ2) is 4.11. The molecule has 0 aliphatic carbocycles. The van der Waals surface area contributed by atoms with E-state index < -0.39 is 0 Å². The van der Waals surface area contributed by atoms with Crippen LogP contribution in [0.5, 0.6) is 0 Å². The Balaban J connectivity index is 2.33. The molecule has 2 nitrogen and oxygen atoms in total. The first kappa shape index (κ1) is 10.3. The van der Waals surface area contributed by atoms with Crippen molar-refractivity contribution in [2.45, 2.75) is 24.7 Å². The molecule has 2 rings (SSSR count). The van der Waals surface area contributed by atoms with E-state index in [0.29, 0.717) is 5.92 Å². The molecule has 3 heteroatoms. The van der Waals surface area contributed by atoms with E-state index in [-0.39, 0.29) is 0 Å². The summed E-state index contributed by atoms with van der Waals surface area (Å²) in [5, 5.41) is 0. The van der Waals surface area contributed by atoms with Crippen LogP contribution in [-0.2, 0) is 0 Å². The van der Waals surface area contributed by atoms with Crippen molar-refractivity contribution in [1.82, 2.24) is 9.97 Å². The fourth-order valence-electron chi connectivity index (χ4n) is 1.42. The van der Waals surface area contributed by atoms with Crippen LogP contribution in [-0.4, -0.2) is 9.97 Å². The summed E-state index contributed by atoms with van der Waals surface area (Å²) in [4.78, 5) is 8.63. The average molecular weight is 218 g/mol. The number of H-pyrrole nitrogens is 1. The Labute approximate surface area is 95.2 Å². The van der Waals surface area contributed by atoms with E-state index in [0.717, 1.165) is 22.0 Å². The van der Waals surface area contributed by atoms with Gasteiger partial charge in [-0.3, -0.25) is 0 Å². The highest BCUT2D eigenvalue weighted by molar-refractivity contribution is 7.80. The van der Waals surface area contributed by atoms with Crippen LogP contribution in [0.25, 0.3) is 11.3 Å². The van der Waals surface area contributed by atoms with Crippen LogP contribution in [0.15, 0.2) is 35.4 Å². The molecule has 0 fully saturated rings. The van der Waals surface area contributed by atoms with E-state index >= 15 is 0 Å². The van der Waals surface area contributed by atoms with E-state index in [2.05, 4.69) is 36.4 Å². The highest BCUT2D eigenvalue weighted by Crippen LogP contribution is 2.20. The van der Waals surface area contributed by atoms with Crippen LogP contribution in [0.4, 0.5) is 0 Å². The third kappa shape index (κ3) is 2.23. The van der Waals surface area contributed by atoms with E-state index in [1.807, 2.05) is 30.5 Å². The number of aromatic nitrogens is 2. The maximum atomic E-state index is 4.34. The van der Waals surface area contributed by atoms with Gasteiger partial charge >= 0.3 is 0 Å². The molecule has 2 aromatic rings. The smallest absolute Gasteiger partial charge is 0.109 e. The van der Waals surface area contributed by atoms with Gasteiger partial charge in [0.25, 0.3) is 0 Å². The first-order valence-electron chi connectivity index (χ1n) is 5.01. The number of nitrogens with one attached hydrogen (secondary N) is 1. The van der Waals surface area contributed by atoms with Crippen LogP contribution < -0.4 is 0 Å². The fraction of sp³-hybridized carbons (Fsp3) is 0.250. The summed E-state index contributed by atoms with van der Waals surface area (Å²) >= 11 is 4.26. The second-order valence-electron chi connectivity index (χ2n) is 3.88. The summed E-state index contributed by atoms with van der Waals surface area (Å²) in [6, 6.07) is 8.04. The van der Waals surface area contributed by atoms with Gasteiger partial charge in [-0.1, -0.05) is 26.0 Å². The summed E-state index contributed by atoms with van der Waals surface area (Å²) in [7, 11) is 0. The Hall–Kier alpha value is -1.22. The molecule has 0 spiro atoms. The molecule has 0 unspecified atom stereocenters. The summed E-state index contributed by atoms with van der Waals surface area (Å²) in [5.74, 6) is 1.46. The van der Waals surface area contributed by atoms with Crippen LogP contribution in [0.3, 0.4) is 0 Å². The van der Waals surface area contributed by atoms with Crippen molar-refractivity contribution in [1.29, 1.82) is 0 Å². The van der Waals surface area contributed by atoms with Gasteiger partial charge < -0.3 is 4.98 Å². The van der Waals surface area contributed by atoms with Crippen molar-refractivity contribution in [3.05, 3.63) is 36.3 Å². The fourth-order valence-corrected chi connectivity index (χ4v) is 1.57. The van der Waals surface area contributed by atoms with Gasteiger partial charge in [0.05, 0.1) is 11.9 Å². The van der Waals surface area contributed by atoms with Gasteiger partial charge in [0.2, 0.25) is 0 Å². The number of benzene rings is 1. The zero-order chi connectivity index (χ0) is 10.8. The molecule has 0 atom stereocenters. The SMILES string of the molecule is CC(C)c1ncc(-c2ccc(S)cc2)[nH]1. The third-order valence-corrected chi connectivity index (χ3v) is 2.62. The molecule has 0 aliphatic heterocycles. The van der Waals surface area contributed by atoms with Crippen molar-refractivity contribution in [3.8, 4) is 11.3 Å². The van der Waals surface area contributed by atoms with Crippen molar-refractivity contribution in [3.63, 3.8) is 0 Å². The molecule has 78 valence electrons. The monoisotopic (exact) mass is 218 g/mol. The number of hydrogen-bond donors (Lipinski definition) is 2. The molecule has 0 aliphatic rings. The predicted molar refractivity (Wildman–Crippen MR) is 65.4 cm³/mol. The molecule has 1 aromatic carbocycles. The molecule has 0 radical (unpaired) electrons. The Bertz CT molecular complexity index is 443. The molecular weight excluding hydrogens is 204 g/mol. The first-order valence-corrected chi connectivity index (χ1v) is 5.46. The highest BCUT2D eigenvalue weighted by atomic mass is 32.1. The van der Waals surface area contributed by atoms with Crippen LogP contribution in [0, 0.1) is 0 Å². The van der Waals surface area contributed by atoms with E-state index in [9.17, 15) is 0 Å². The van der Waals surface area contributed by atoms with Crippen molar-refractivity contribution >= 4 is 12.6 Å². The van der Waals surface area contributed by atoms with E-state index in [1.54, 1.807) is 0 Å². The van der Waals surface area contributed by atoms with Crippen LogP contribution in [0.1, 0.15) is 25.6 Å². The molecular formula is C12H14N2S. The minimum atomic E-state index is 0.433. The average Bonchev–Trinajstić information content (AvgIpc) is 2.68. The van der Waals surface area contributed by atoms with Gasteiger partial charge in [-0.2, -0.15) is 0 Å². The lowest BCUT2D eigenvalue weighted by atomic mass is 10.2. The Morgan fingerprint density at radius 1 is 1.20 bits per heavy atom. The lowest BCUT2D eigenvalue weighted by Gasteiger charge is -1.99. The molecule has 0 saturated carbocycles. The summed E-state index contributed by atoms with van der Waals surface area (Å²) in [6.45, 7) is 4.25. The molecule has 1 aromatic heterocycles. The standard InChI is InChI=1S/C12H14N2S/c1-8(2)12-13-7-11(14-12)9-3-5-10(15)6-4-9/h3-8,15H,1-2H3,(H,13,14). The van der Waals surface area contributed by atoms with E-state index in [1.165, 1.54) is 0 Å². The van der Waals surface area contributed by atoms with Crippen LogP contribution >= 0.6 is 12.6 Å². The zero-order valence-corrected chi connectivity index (χ0v) is 9.75. The normalized spacial score (nSPS) is 10.9. The maximum Gasteiger partial charge on any atom is 0.109 e. The summed E-state index contributed by atoms with van der Waals surface area (Å²) in [6.07, 6.45) is 1.88. The van der Waals surface area contributed by atoms with Crippen molar-refractivity contribution in [2.24, 2.45) is 0 Å². The lowest BCUT2D eigenvalue weighted by Crippen LogP contribution is -1.89. The molecule has 0 saturated heterocycles. The third-order valence-electron chi connectivity index (χ3n) is 2.32. The molecule has 0 bridgehead atoms. The Morgan fingerprint density at radius 3 is 2.40 bits per heavy atom. The zero-order valence-electron chi connectivity index (χ0n) is 8.86. The Morgan fingerprint density at radius 2 is 1.87 bits per heavy atom. The predicted octanol–water partition coefficient (Wildman–Crippen LogP) is 3.49. The van der Waals surface area contributed by atoms with E-state index in [4.69, 9.17) is 0 Å². The number of hydrogen-bond acceptors (Lipinski definition) is 2. The van der Waals surface area contributed by atoms with Crippen molar-refractivity contribution in [2.75, 3.05) is 0 Å². The number of rotatable bonds is 2. The second-order valence-corrected chi connectivity index (χ2v) is 4.40. The van der Waals surface area contributed by atoms with Gasteiger partial charge in [-0.05, 0) is 17.7 Å². The van der Waals surface area contributed by atoms with Crippen LogP contribution in [0.2, 0.25) is 0 Å². The minimum Gasteiger partial charge on any atom is -0.342 e. The number of imidazole rings is 1. The van der Waals surface area contributed by atoms with Gasteiger partial charge in [0, 0.05) is 10.8 Å². The molecule has 1 N–H and O–H groups in total. The van der Waals surface area contributed by atoms with Gasteiger partial charge in [-0.25, -0.2) is 4.98 Å². The highest BCUT2D eigenvalue weighted by Gasteiger charge is 2.05. The number of thiol groups is 1. The van der Waals surface area contributed by atoms with Crippen molar-refractivity contribution < 1.29 is 0 Å². The minimum absolute atomic E-state index is 0.433. The molecule has 0 amide bonds. The molecule has 1 heterocycles. The first-order chi connectivity index (χ1) is 7.16. The Kier molecular flexibility index (Phi) is 2.82. The van der Waals surface area contributed by atoms with Gasteiger partial charge in [0.15, 0.2) is 0 Å². The largest absolute Gasteiger partial charge is 0.342 e. The number of nitrogens with zero attached hydrogens (tertiary/aromatic N) is 1. The topological polar surface area (TPSA) is 28.7 Å². The number of aromatic amines is 1. The van der Waals surface area contributed by atoms with Gasteiger partial charge in [-0.15, -0.1) is 12.6 Å². The van der Waals surface area contributed by atoms with Gasteiger partial charge in [0.1, 0.15) is 5.82 Å². The quantitative estimate of drug-likeness (QED) is 0.742. The lowest BCUT2D eigenvalue weighted by molar-refractivity contribution is 0.795. The maximum absolute atomic E-state index is 4.34.